The number of hydrogen-bond acceptors (Lipinski definition) is 3. The highest BCUT2D eigenvalue weighted by Gasteiger charge is 2.13. The molecule has 1 heterocycles. The maximum absolute atomic E-state index is 5.81. The summed E-state index contributed by atoms with van der Waals surface area (Å²) in [6, 6.07) is 4.15. The van der Waals surface area contributed by atoms with Crippen molar-refractivity contribution in [3.63, 3.8) is 0 Å². The predicted molar refractivity (Wildman–Crippen MR) is 76.5 cm³/mol. The van der Waals surface area contributed by atoms with Crippen LogP contribution >= 0.6 is 11.3 Å². The van der Waals surface area contributed by atoms with Crippen LogP contribution in [0.4, 0.5) is 0 Å². The van der Waals surface area contributed by atoms with E-state index in [1.165, 1.54) is 37.0 Å². The molecule has 0 unspecified atom stereocenters. The lowest BCUT2D eigenvalue weighted by Gasteiger charge is -2.20. The average Bonchev–Trinajstić information content (AvgIpc) is 2.85. The number of hydrogen-bond donors (Lipinski definition) is 1. The first kappa shape index (κ1) is 13.6. The van der Waals surface area contributed by atoms with Crippen LogP contribution in [0.5, 0.6) is 0 Å². The Morgan fingerprint density at radius 2 is 2.11 bits per heavy atom. The Morgan fingerprint density at radius 3 is 2.89 bits per heavy atom. The van der Waals surface area contributed by atoms with Gasteiger partial charge in [0.05, 0.1) is 18.0 Å². The zero-order chi connectivity index (χ0) is 12.6. The van der Waals surface area contributed by atoms with Crippen LogP contribution in [-0.4, -0.2) is 13.2 Å². The molecule has 1 saturated carbocycles. The second-order valence-electron chi connectivity index (χ2n) is 4.79. The van der Waals surface area contributed by atoms with Crippen LogP contribution in [0, 0.1) is 17.8 Å². The number of thiophene rings is 1. The average molecular weight is 263 g/mol. The molecule has 2 N–H and O–H groups in total. The van der Waals surface area contributed by atoms with Crippen molar-refractivity contribution in [3.8, 4) is 11.8 Å². The van der Waals surface area contributed by atoms with Crippen LogP contribution < -0.4 is 5.73 Å². The lowest BCUT2D eigenvalue weighted by molar-refractivity contribution is 0.0755. The molecule has 1 aliphatic rings. The Kier molecular flexibility index (Phi) is 5.73. The molecule has 3 heteroatoms. The summed E-state index contributed by atoms with van der Waals surface area (Å²) in [5.74, 6) is 6.71. The molecule has 0 bridgehead atoms. The van der Waals surface area contributed by atoms with Gasteiger partial charge >= 0.3 is 0 Å². The van der Waals surface area contributed by atoms with E-state index in [9.17, 15) is 0 Å². The monoisotopic (exact) mass is 263 g/mol. The molecule has 98 valence electrons. The van der Waals surface area contributed by atoms with E-state index in [0.29, 0.717) is 6.54 Å². The molecule has 2 rings (SSSR count). The van der Waals surface area contributed by atoms with Crippen molar-refractivity contribution in [3.05, 3.63) is 21.9 Å². The molecule has 0 amide bonds. The molecule has 1 aromatic heterocycles. The molecule has 0 aromatic carbocycles. The van der Waals surface area contributed by atoms with E-state index in [0.717, 1.165) is 24.0 Å². The lowest BCUT2D eigenvalue weighted by atomic mass is 9.90. The van der Waals surface area contributed by atoms with Gasteiger partial charge in [0.25, 0.3) is 0 Å². The minimum absolute atomic E-state index is 0.422. The van der Waals surface area contributed by atoms with Crippen LogP contribution in [-0.2, 0) is 11.3 Å². The first-order valence-corrected chi connectivity index (χ1v) is 7.55. The Balaban J connectivity index is 1.71. The standard InChI is InChI=1S/C15H21NOS/c16-10-4-7-14-8-9-15(18-14)12-17-11-13-5-2-1-3-6-13/h8-9,13H,1-3,5-6,10-12,16H2. The summed E-state index contributed by atoms with van der Waals surface area (Å²) in [4.78, 5) is 2.34. The van der Waals surface area contributed by atoms with Crippen molar-refractivity contribution in [1.29, 1.82) is 0 Å². The summed E-state index contributed by atoms with van der Waals surface area (Å²) in [6.45, 7) is 2.07. The molecule has 0 spiro atoms. The second kappa shape index (κ2) is 7.58. The normalized spacial score (nSPS) is 16.3. The molecular weight excluding hydrogens is 242 g/mol. The van der Waals surface area contributed by atoms with Crippen molar-refractivity contribution in [2.45, 2.75) is 38.7 Å². The van der Waals surface area contributed by atoms with E-state index >= 15 is 0 Å². The summed E-state index contributed by atoms with van der Waals surface area (Å²) in [6.07, 6.45) is 6.86. The van der Waals surface area contributed by atoms with E-state index in [2.05, 4.69) is 17.9 Å². The van der Waals surface area contributed by atoms with E-state index in [-0.39, 0.29) is 0 Å². The number of nitrogens with two attached hydrogens (primary N) is 1. The highest BCUT2D eigenvalue weighted by atomic mass is 32.1. The van der Waals surface area contributed by atoms with E-state index < -0.39 is 0 Å². The third-order valence-corrected chi connectivity index (χ3v) is 4.27. The largest absolute Gasteiger partial charge is 0.376 e. The molecule has 1 aliphatic carbocycles. The van der Waals surface area contributed by atoms with Crippen LogP contribution in [0.25, 0.3) is 0 Å². The molecular formula is C15H21NOS. The van der Waals surface area contributed by atoms with Crippen LogP contribution in [0.15, 0.2) is 12.1 Å². The minimum atomic E-state index is 0.422. The Labute approximate surface area is 114 Å². The highest BCUT2D eigenvalue weighted by molar-refractivity contribution is 7.12. The predicted octanol–water partition coefficient (Wildman–Crippen LogP) is 3.16. The van der Waals surface area contributed by atoms with Gasteiger partial charge in [-0.05, 0) is 30.9 Å². The van der Waals surface area contributed by atoms with Gasteiger partial charge in [-0.2, -0.15) is 0 Å². The fraction of sp³-hybridized carbons (Fsp3) is 0.600. The third-order valence-electron chi connectivity index (χ3n) is 3.30. The highest BCUT2D eigenvalue weighted by Crippen LogP contribution is 2.24. The lowest BCUT2D eigenvalue weighted by Crippen LogP contribution is -2.12. The SMILES string of the molecule is NCC#Cc1ccc(COCC2CCCCC2)s1. The molecule has 0 atom stereocenters. The molecule has 2 nitrogen and oxygen atoms in total. The van der Waals surface area contributed by atoms with Crippen molar-refractivity contribution in [2.24, 2.45) is 11.7 Å². The van der Waals surface area contributed by atoms with E-state index in [4.69, 9.17) is 10.5 Å². The summed E-state index contributed by atoms with van der Waals surface area (Å²) < 4.78 is 5.81. The van der Waals surface area contributed by atoms with Gasteiger partial charge in [-0.3, -0.25) is 0 Å². The fourth-order valence-corrected chi connectivity index (χ4v) is 3.16. The van der Waals surface area contributed by atoms with Crippen molar-refractivity contribution in [2.75, 3.05) is 13.2 Å². The van der Waals surface area contributed by atoms with Crippen molar-refractivity contribution in [1.82, 2.24) is 0 Å². The van der Waals surface area contributed by atoms with Gasteiger partial charge in [-0.1, -0.05) is 31.1 Å². The van der Waals surface area contributed by atoms with Gasteiger partial charge in [0.2, 0.25) is 0 Å². The van der Waals surface area contributed by atoms with Gasteiger partial charge in [-0.15, -0.1) is 11.3 Å². The van der Waals surface area contributed by atoms with Gasteiger partial charge < -0.3 is 10.5 Å². The van der Waals surface area contributed by atoms with E-state index in [1.54, 1.807) is 11.3 Å². The summed E-state index contributed by atoms with van der Waals surface area (Å²) in [5.41, 5.74) is 5.35. The van der Waals surface area contributed by atoms with Crippen molar-refractivity contribution >= 4 is 11.3 Å². The molecule has 18 heavy (non-hydrogen) atoms. The van der Waals surface area contributed by atoms with Crippen molar-refractivity contribution < 1.29 is 4.74 Å². The maximum Gasteiger partial charge on any atom is 0.0809 e. The quantitative estimate of drug-likeness (QED) is 0.847. The Hall–Kier alpha value is -0.820. The Bertz CT molecular complexity index is 410. The molecule has 0 aliphatic heterocycles. The van der Waals surface area contributed by atoms with Gasteiger partial charge in [0.1, 0.15) is 0 Å². The molecule has 0 radical (unpaired) electrons. The van der Waals surface area contributed by atoms with Crippen LogP contribution in [0.2, 0.25) is 0 Å². The molecule has 1 fully saturated rings. The minimum Gasteiger partial charge on any atom is -0.376 e. The molecule has 0 saturated heterocycles. The Morgan fingerprint density at radius 1 is 1.28 bits per heavy atom. The topological polar surface area (TPSA) is 35.2 Å². The summed E-state index contributed by atoms with van der Waals surface area (Å²) in [7, 11) is 0. The van der Waals surface area contributed by atoms with Crippen LogP contribution in [0.3, 0.4) is 0 Å². The second-order valence-corrected chi connectivity index (χ2v) is 5.96. The van der Waals surface area contributed by atoms with Gasteiger partial charge in [0.15, 0.2) is 0 Å². The van der Waals surface area contributed by atoms with Gasteiger partial charge in [0, 0.05) is 11.5 Å². The number of rotatable bonds is 4. The van der Waals surface area contributed by atoms with Gasteiger partial charge in [-0.25, -0.2) is 0 Å². The number of ether oxygens (including phenoxy) is 1. The fourth-order valence-electron chi connectivity index (χ4n) is 2.34. The molecule has 1 aromatic rings. The first-order valence-electron chi connectivity index (χ1n) is 6.74. The van der Waals surface area contributed by atoms with Crippen LogP contribution in [0.1, 0.15) is 41.9 Å². The maximum atomic E-state index is 5.81. The zero-order valence-electron chi connectivity index (χ0n) is 10.8. The smallest absolute Gasteiger partial charge is 0.0809 e. The van der Waals surface area contributed by atoms with E-state index in [1.807, 2.05) is 6.07 Å². The third kappa shape index (κ3) is 4.45. The summed E-state index contributed by atoms with van der Waals surface area (Å²) >= 11 is 1.71. The zero-order valence-corrected chi connectivity index (χ0v) is 11.6. The first-order chi connectivity index (χ1) is 8.88. The summed E-state index contributed by atoms with van der Waals surface area (Å²) in [5, 5.41) is 0.